The van der Waals surface area contributed by atoms with Crippen molar-refractivity contribution in [3.05, 3.63) is 291 Å². The highest BCUT2D eigenvalue weighted by Crippen LogP contribution is 2.45. The Morgan fingerprint density at radius 1 is 0.182 bits per heavy atom. The smallest absolute Gasteiger partial charge is 0.240 e. The van der Waals surface area contributed by atoms with Gasteiger partial charge < -0.3 is 4.57 Å². The number of hydrogen-bond acceptors (Lipinski definition) is 6. The number of rotatable bonds is 9. The van der Waals surface area contributed by atoms with Crippen LogP contribution >= 0.6 is 0 Å². The average Bonchev–Trinajstić information content (AvgIpc) is 1.62. The molecule has 0 saturated heterocycles. The Kier molecular flexibility index (Phi) is 11.1. The maximum Gasteiger partial charge on any atom is 0.240 e. The van der Waals surface area contributed by atoms with Crippen molar-refractivity contribution in [1.29, 1.82) is 0 Å². The Bertz CT molecular complexity index is 5340. The summed E-state index contributed by atoms with van der Waals surface area (Å²) in [6.45, 7) is 0. The molecule has 0 saturated carbocycles. The second-order valence-corrected chi connectivity index (χ2v) is 22.3. The number of para-hydroxylation sites is 4. The molecule has 10 heteroatoms. The maximum atomic E-state index is 5.83. The Labute approximate surface area is 503 Å². The van der Waals surface area contributed by atoms with Crippen molar-refractivity contribution in [3.63, 3.8) is 0 Å². The summed E-state index contributed by atoms with van der Waals surface area (Å²) in [4.78, 5) is 33.0. The molecule has 410 valence electrons. The highest BCUT2D eigenvalue weighted by Gasteiger charge is 2.28. The van der Waals surface area contributed by atoms with Crippen LogP contribution in [0.4, 0.5) is 0 Å². The maximum absolute atomic E-state index is 5.83. The summed E-state index contributed by atoms with van der Waals surface area (Å²) in [6.07, 6.45) is 0. The zero-order chi connectivity index (χ0) is 57.8. The van der Waals surface area contributed by atoms with Gasteiger partial charge in [-0.25, -0.2) is 4.98 Å². The summed E-state index contributed by atoms with van der Waals surface area (Å²) < 4.78 is 9.18. The molecule has 0 aliphatic heterocycles. The minimum Gasteiger partial charge on any atom is -0.307 e. The van der Waals surface area contributed by atoms with Crippen LogP contribution in [0.15, 0.2) is 291 Å². The summed E-state index contributed by atoms with van der Waals surface area (Å²) in [5.74, 6) is 3.07. The van der Waals surface area contributed by atoms with Gasteiger partial charge in [-0.1, -0.05) is 249 Å². The van der Waals surface area contributed by atoms with Crippen LogP contribution in [-0.2, 0) is 0 Å². The van der Waals surface area contributed by atoms with E-state index >= 15 is 0 Å². The lowest BCUT2D eigenvalue weighted by molar-refractivity contribution is 0.892. The van der Waals surface area contributed by atoms with Gasteiger partial charge in [0, 0.05) is 65.5 Å². The molecule has 0 radical (unpaired) electrons. The van der Waals surface area contributed by atoms with Gasteiger partial charge in [-0.15, -0.1) is 0 Å². The number of nitrogens with zero attached hydrogens (tertiary/aromatic N) is 10. The van der Waals surface area contributed by atoms with E-state index in [2.05, 4.69) is 231 Å². The molecule has 88 heavy (non-hydrogen) atoms. The van der Waals surface area contributed by atoms with Crippen molar-refractivity contribution in [3.8, 4) is 79.9 Å². The van der Waals surface area contributed by atoms with Gasteiger partial charge in [0.2, 0.25) is 17.8 Å². The predicted molar refractivity (Wildman–Crippen MR) is 358 cm³/mol. The summed E-state index contributed by atoms with van der Waals surface area (Å²) >= 11 is 0. The van der Waals surface area contributed by atoms with E-state index in [4.69, 9.17) is 29.9 Å². The topological polar surface area (TPSA) is 97.1 Å². The van der Waals surface area contributed by atoms with Crippen LogP contribution in [-0.4, -0.2) is 48.2 Å². The fourth-order valence-corrected chi connectivity index (χ4v) is 13.4. The van der Waals surface area contributed by atoms with E-state index in [1.807, 2.05) is 78.9 Å². The van der Waals surface area contributed by atoms with E-state index in [1.54, 1.807) is 0 Å². The van der Waals surface area contributed by atoms with Crippen LogP contribution in [0.5, 0.6) is 0 Å². The first-order valence-corrected chi connectivity index (χ1v) is 29.5. The Hall–Kier alpha value is -12.1. The number of hydrogen-bond donors (Lipinski definition) is 0. The lowest BCUT2D eigenvalue weighted by Gasteiger charge is -2.16. The summed E-state index contributed by atoms with van der Waals surface area (Å²) in [7, 11) is 0. The first-order valence-electron chi connectivity index (χ1n) is 29.5. The molecule has 0 atom stereocenters. The Morgan fingerprint density at radius 3 is 0.784 bits per heavy atom. The zero-order valence-corrected chi connectivity index (χ0v) is 47.2. The van der Waals surface area contributed by atoms with Crippen LogP contribution in [0.25, 0.3) is 167 Å². The fourth-order valence-electron chi connectivity index (χ4n) is 13.4. The van der Waals surface area contributed by atoms with E-state index in [-0.39, 0.29) is 0 Å². The molecule has 6 aromatic heterocycles. The van der Waals surface area contributed by atoms with Gasteiger partial charge in [0.05, 0.1) is 44.1 Å². The van der Waals surface area contributed by atoms with Crippen molar-refractivity contribution in [1.82, 2.24) is 48.2 Å². The van der Waals surface area contributed by atoms with Gasteiger partial charge in [0.25, 0.3) is 0 Å². The molecule has 10 nitrogen and oxygen atoms in total. The second-order valence-electron chi connectivity index (χ2n) is 22.3. The minimum absolute atomic E-state index is 0.451. The standard InChI is InChI=1S/C78H48N10/c1-6-24-49(25-7-1)54-46-55(50-26-8-2-9-27-50)48-56(47-54)85-65-38-20-16-34-57(65)61-42-43-62-58-35-18-22-40-67(58)87(70(62)69(61)85)77-82-75(53-32-14-5-15-33-53)83-78(84-77)88-68-41-23-19-37-60(68)64-45-44-63-59-36-17-21-39-66(59)86(71(63)72(64)88)76-80-73(51-28-10-3-11-29-51)79-74(81-76)52-30-12-4-13-31-52/h1-48H. The van der Waals surface area contributed by atoms with Crippen LogP contribution in [0, 0.1) is 0 Å². The molecule has 18 aromatic rings. The Balaban J connectivity index is 0.967. The average molecular weight is 1130 g/mol. The van der Waals surface area contributed by atoms with Gasteiger partial charge in [-0.2, -0.15) is 24.9 Å². The molecule has 0 aliphatic carbocycles. The van der Waals surface area contributed by atoms with E-state index in [0.29, 0.717) is 35.3 Å². The van der Waals surface area contributed by atoms with Crippen molar-refractivity contribution in [2.24, 2.45) is 0 Å². The van der Waals surface area contributed by atoms with E-state index in [1.165, 1.54) is 0 Å². The molecule has 0 N–H and O–H groups in total. The van der Waals surface area contributed by atoms with E-state index in [9.17, 15) is 0 Å². The van der Waals surface area contributed by atoms with Gasteiger partial charge >= 0.3 is 0 Å². The third kappa shape index (κ3) is 7.69. The quantitative estimate of drug-likeness (QED) is 0.143. The van der Waals surface area contributed by atoms with Gasteiger partial charge in [-0.05, 0) is 64.7 Å². The minimum atomic E-state index is 0.451. The van der Waals surface area contributed by atoms with Crippen LogP contribution in [0.2, 0.25) is 0 Å². The third-order valence-electron chi connectivity index (χ3n) is 17.3. The number of fused-ring (bicyclic) bond motifs is 14. The summed E-state index contributed by atoms with van der Waals surface area (Å²) in [5.41, 5.74) is 15.9. The SMILES string of the molecule is c1ccc(-c2cc(-c3ccccc3)cc(-n3c4ccccc4c4ccc5c6ccccc6n(-c6nc(-c7ccccc7)nc(-n7c8ccccc8c8ccc9c%10ccccc%10n(-c%10nc(-c%11ccccc%11)nc(-c%11ccccc%11)n%10)c9c87)n6)c5c43)c2)cc1. The van der Waals surface area contributed by atoms with Crippen LogP contribution in [0.3, 0.4) is 0 Å². The highest BCUT2D eigenvalue weighted by molar-refractivity contribution is 6.25. The molecular formula is C78H48N10. The molecule has 0 bridgehead atoms. The first-order chi connectivity index (χ1) is 43.7. The van der Waals surface area contributed by atoms with E-state index < -0.39 is 0 Å². The van der Waals surface area contributed by atoms with Crippen molar-refractivity contribution in [2.45, 2.75) is 0 Å². The first kappa shape index (κ1) is 49.3. The largest absolute Gasteiger partial charge is 0.307 e. The molecule has 12 aromatic carbocycles. The normalized spacial score (nSPS) is 11.9. The fraction of sp³-hybridized carbons (Fsp3) is 0. The number of benzene rings is 12. The second kappa shape index (κ2) is 19.7. The molecule has 0 unspecified atom stereocenters. The molecular weight excluding hydrogens is 1080 g/mol. The summed E-state index contributed by atoms with van der Waals surface area (Å²) in [6, 6.07) is 102. The van der Waals surface area contributed by atoms with Gasteiger partial charge in [0.15, 0.2) is 17.5 Å². The lowest BCUT2D eigenvalue weighted by atomic mass is 9.98. The predicted octanol–water partition coefficient (Wildman–Crippen LogP) is 18.8. The summed E-state index contributed by atoms with van der Waals surface area (Å²) in [5, 5.41) is 8.53. The number of aromatic nitrogens is 10. The van der Waals surface area contributed by atoms with Crippen molar-refractivity contribution < 1.29 is 0 Å². The zero-order valence-electron chi connectivity index (χ0n) is 47.2. The van der Waals surface area contributed by atoms with E-state index in [0.717, 1.165) is 132 Å². The van der Waals surface area contributed by atoms with Crippen LogP contribution < -0.4 is 0 Å². The molecule has 0 amide bonds. The Morgan fingerprint density at radius 2 is 0.443 bits per heavy atom. The molecule has 0 fully saturated rings. The van der Waals surface area contributed by atoms with Crippen molar-refractivity contribution in [2.75, 3.05) is 0 Å². The van der Waals surface area contributed by atoms with Gasteiger partial charge in [0.1, 0.15) is 0 Å². The monoisotopic (exact) mass is 1120 g/mol. The highest BCUT2D eigenvalue weighted by atomic mass is 15.3. The molecule has 0 aliphatic rings. The van der Waals surface area contributed by atoms with Crippen molar-refractivity contribution >= 4 is 87.2 Å². The molecule has 0 spiro atoms. The molecule has 6 heterocycles. The van der Waals surface area contributed by atoms with Crippen LogP contribution in [0.1, 0.15) is 0 Å². The van der Waals surface area contributed by atoms with Gasteiger partial charge in [-0.3, -0.25) is 13.7 Å². The molecule has 18 rings (SSSR count). The lowest BCUT2D eigenvalue weighted by Crippen LogP contribution is -2.11. The third-order valence-corrected chi connectivity index (χ3v) is 17.3.